The van der Waals surface area contributed by atoms with Crippen LogP contribution in [0.15, 0.2) is 30.3 Å². The molecule has 0 N–H and O–H groups in total. The topological polar surface area (TPSA) is 24.9 Å². The van der Waals surface area contributed by atoms with E-state index in [-0.39, 0.29) is 6.29 Å². The van der Waals surface area contributed by atoms with Gasteiger partial charge in [0.15, 0.2) is 6.29 Å². The molecule has 0 aromatic heterocycles. The fourth-order valence-electron chi connectivity index (χ4n) is 4.32. The second kappa shape index (κ2) is 8.95. The second-order valence-corrected chi connectivity index (χ2v) is 7.36. The summed E-state index contributed by atoms with van der Waals surface area (Å²) in [6.07, 6.45) is 3.39. The van der Waals surface area contributed by atoms with Crippen molar-refractivity contribution >= 4 is 0 Å². The molecule has 4 heteroatoms. The molecule has 2 unspecified atom stereocenters. The maximum atomic E-state index is 5.25. The minimum Gasteiger partial charge on any atom is -0.356 e. The van der Waals surface area contributed by atoms with Gasteiger partial charge in [0.1, 0.15) is 0 Å². The highest BCUT2D eigenvalue weighted by atomic mass is 16.7. The number of hydrogen-bond donors (Lipinski definition) is 0. The van der Waals surface area contributed by atoms with Crippen LogP contribution in [0.25, 0.3) is 0 Å². The minimum atomic E-state index is -0.0329. The zero-order valence-corrected chi connectivity index (χ0v) is 15.2. The second-order valence-electron chi connectivity index (χ2n) is 7.36. The minimum absolute atomic E-state index is 0.0329. The average molecular weight is 332 g/mol. The Morgan fingerprint density at radius 2 is 1.54 bits per heavy atom. The summed E-state index contributed by atoms with van der Waals surface area (Å²) in [5.41, 5.74) is 1.44. The Bertz CT molecular complexity index is 464. The largest absolute Gasteiger partial charge is 0.356 e. The Kier molecular flexibility index (Phi) is 6.67. The van der Waals surface area contributed by atoms with Crippen LogP contribution in [0.1, 0.15) is 24.8 Å². The molecule has 1 aromatic rings. The zero-order valence-electron chi connectivity index (χ0n) is 15.2. The number of likely N-dealkylation sites (tertiary alicyclic amines) is 2. The van der Waals surface area contributed by atoms with E-state index in [0.717, 1.165) is 24.8 Å². The van der Waals surface area contributed by atoms with Crippen LogP contribution >= 0.6 is 0 Å². The number of hydrogen-bond acceptors (Lipinski definition) is 4. The van der Waals surface area contributed by atoms with Gasteiger partial charge in [-0.1, -0.05) is 30.3 Å². The molecule has 134 valence electrons. The van der Waals surface area contributed by atoms with Crippen LogP contribution in [0.3, 0.4) is 0 Å². The first-order valence-corrected chi connectivity index (χ1v) is 9.32. The fraction of sp³-hybridized carbons (Fsp3) is 0.700. The van der Waals surface area contributed by atoms with Gasteiger partial charge in [-0.25, -0.2) is 0 Å². The molecule has 0 amide bonds. The van der Waals surface area contributed by atoms with E-state index >= 15 is 0 Å². The Balaban J connectivity index is 1.33. The fourth-order valence-corrected chi connectivity index (χ4v) is 4.32. The highest BCUT2D eigenvalue weighted by Crippen LogP contribution is 2.32. The Labute approximate surface area is 146 Å². The first kappa shape index (κ1) is 17.9. The molecule has 0 saturated carbocycles. The molecule has 2 saturated heterocycles. The van der Waals surface area contributed by atoms with Crippen LogP contribution in [0.4, 0.5) is 0 Å². The molecule has 2 fully saturated rings. The van der Waals surface area contributed by atoms with E-state index in [9.17, 15) is 0 Å². The molecule has 2 aliphatic rings. The van der Waals surface area contributed by atoms with E-state index in [2.05, 4.69) is 40.1 Å². The lowest BCUT2D eigenvalue weighted by Crippen LogP contribution is -2.29. The third-order valence-electron chi connectivity index (χ3n) is 5.58. The van der Waals surface area contributed by atoms with Gasteiger partial charge in [0.25, 0.3) is 0 Å². The van der Waals surface area contributed by atoms with Crippen molar-refractivity contribution in [2.24, 2.45) is 11.8 Å². The van der Waals surface area contributed by atoms with Crippen LogP contribution < -0.4 is 0 Å². The monoisotopic (exact) mass is 332 g/mol. The smallest absolute Gasteiger partial charge is 0.156 e. The van der Waals surface area contributed by atoms with Crippen molar-refractivity contribution < 1.29 is 9.47 Å². The van der Waals surface area contributed by atoms with Crippen molar-refractivity contribution in [1.82, 2.24) is 9.80 Å². The predicted octanol–water partition coefficient (Wildman–Crippen LogP) is 2.84. The summed E-state index contributed by atoms with van der Waals surface area (Å²) in [4.78, 5) is 5.31. The molecule has 2 aliphatic heterocycles. The summed E-state index contributed by atoms with van der Waals surface area (Å²) >= 11 is 0. The number of ether oxygens (including phenoxy) is 2. The Morgan fingerprint density at radius 1 is 0.917 bits per heavy atom. The lowest BCUT2D eigenvalue weighted by molar-refractivity contribution is -0.107. The summed E-state index contributed by atoms with van der Waals surface area (Å²) in [7, 11) is 3.44. The van der Waals surface area contributed by atoms with Gasteiger partial charge in [-0.05, 0) is 43.2 Å². The number of rotatable bonds is 9. The lowest BCUT2D eigenvalue weighted by atomic mass is 10.0. The summed E-state index contributed by atoms with van der Waals surface area (Å²) in [6, 6.07) is 10.9. The molecule has 2 heterocycles. The van der Waals surface area contributed by atoms with Gasteiger partial charge in [0.2, 0.25) is 0 Å². The number of benzene rings is 1. The Morgan fingerprint density at radius 3 is 2.17 bits per heavy atom. The molecule has 4 nitrogen and oxygen atoms in total. The van der Waals surface area contributed by atoms with Gasteiger partial charge >= 0.3 is 0 Å². The van der Waals surface area contributed by atoms with Crippen LogP contribution in [-0.4, -0.2) is 63.0 Å². The molecule has 3 rings (SSSR count). The van der Waals surface area contributed by atoms with Gasteiger partial charge in [-0.2, -0.15) is 0 Å². The van der Waals surface area contributed by atoms with E-state index < -0.39 is 0 Å². The maximum absolute atomic E-state index is 5.25. The van der Waals surface area contributed by atoms with Crippen molar-refractivity contribution in [3.8, 4) is 0 Å². The Hall–Kier alpha value is -0.940. The standard InChI is InChI=1S/C20H32N2O2/c1-23-20(24-2)10-6-7-11-21-13-18-15-22(16-19(18)14-21)12-17-8-4-3-5-9-17/h3-5,8-9,18-20H,6-7,10-16H2,1-2H3. The predicted molar refractivity (Wildman–Crippen MR) is 96.8 cm³/mol. The van der Waals surface area contributed by atoms with Gasteiger partial charge in [0, 0.05) is 46.9 Å². The molecule has 2 atom stereocenters. The molecule has 0 bridgehead atoms. The third kappa shape index (κ3) is 4.79. The highest BCUT2D eigenvalue weighted by molar-refractivity contribution is 5.15. The van der Waals surface area contributed by atoms with E-state index in [1.54, 1.807) is 14.2 Å². The van der Waals surface area contributed by atoms with E-state index in [1.807, 2.05) is 0 Å². The van der Waals surface area contributed by atoms with E-state index in [4.69, 9.17) is 9.47 Å². The molecule has 0 radical (unpaired) electrons. The van der Waals surface area contributed by atoms with Crippen molar-refractivity contribution in [1.29, 1.82) is 0 Å². The van der Waals surface area contributed by atoms with Crippen LogP contribution in [-0.2, 0) is 16.0 Å². The quantitative estimate of drug-likeness (QED) is 0.513. The van der Waals surface area contributed by atoms with Gasteiger partial charge in [0.05, 0.1) is 0 Å². The van der Waals surface area contributed by atoms with Crippen molar-refractivity contribution in [3.63, 3.8) is 0 Å². The van der Waals surface area contributed by atoms with Gasteiger partial charge in [-0.15, -0.1) is 0 Å². The summed E-state index contributed by atoms with van der Waals surface area (Å²) in [5.74, 6) is 1.75. The van der Waals surface area contributed by atoms with E-state index in [0.29, 0.717) is 0 Å². The summed E-state index contributed by atoms with van der Waals surface area (Å²) < 4.78 is 10.5. The molecule has 0 spiro atoms. The highest BCUT2D eigenvalue weighted by Gasteiger charge is 2.39. The number of unbranched alkanes of at least 4 members (excludes halogenated alkanes) is 1. The summed E-state index contributed by atoms with van der Waals surface area (Å²) in [6.45, 7) is 7.45. The van der Waals surface area contributed by atoms with Crippen molar-refractivity contribution in [2.45, 2.75) is 32.1 Å². The van der Waals surface area contributed by atoms with Crippen LogP contribution in [0, 0.1) is 11.8 Å². The molecule has 0 aliphatic carbocycles. The third-order valence-corrected chi connectivity index (χ3v) is 5.58. The first-order valence-electron chi connectivity index (χ1n) is 9.32. The maximum Gasteiger partial charge on any atom is 0.156 e. The SMILES string of the molecule is COC(CCCCN1CC2CN(Cc3ccccc3)CC2C1)OC. The molecule has 24 heavy (non-hydrogen) atoms. The molecular weight excluding hydrogens is 300 g/mol. The van der Waals surface area contributed by atoms with Gasteiger partial charge in [-0.3, -0.25) is 4.90 Å². The van der Waals surface area contributed by atoms with Crippen molar-refractivity contribution in [3.05, 3.63) is 35.9 Å². The molecular formula is C20H32N2O2. The van der Waals surface area contributed by atoms with Crippen LogP contribution in [0.5, 0.6) is 0 Å². The van der Waals surface area contributed by atoms with Gasteiger partial charge < -0.3 is 14.4 Å². The van der Waals surface area contributed by atoms with E-state index in [1.165, 1.54) is 51.1 Å². The zero-order chi connectivity index (χ0) is 16.8. The summed E-state index contributed by atoms with van der Waals surface area (Å²) in [5, 5.41) is 0. The van der Waals surface area contributed by atoms with Crippen molar-refractivity contribution in [2.75, 3.05) is 46.9 Å². The normalized spacial score (nSPS) is 24.8. The average Bonchev–Trinajstić information content (AvgIpc) is 3.14. The number of fused-ring (bicyclic) bond motifs is 1. The molecule has 1 aromatic carbocycles. The number of methoxy groups -OCH3 is 2. The first-order chi connectivity index (χ1) is 11.8. The lowest BCUT2D eigenvalue weighted by Gasteiger charge is -2.21. The van der Waals surface area contributed by atoms with Crippen LogP contribution in [0.2, 0.25) is 0 Å². The number of nitrogens with zero attached hydrogens (tertiary/aromatic N) is 2.